The van der Waals surface area contributed by atoms with Gasteiger partial charge in [-0.2, -0.15) is 4.37 Å². The SMILES string of the molecule is CO[C@H]1[C@H]2OP(O)(=S)OC[C@H]3O[C@@H](n4cnc5c(N)ncnc54)[C@H](F)[C@@H]3O[P+](=O)OC[C@H]1O[C@H]2c1snc2c(=O)[nH]c(N)nc12. The number of nitrogens with one attached hydrogen (secondary N) is 1. The van der Waals surface area contributed by atoms with Gasteiger partial charge in [0.25, 0.3) is 5.56 Å². The summed E-state index contributed by atoms with van der Waals surface area (Å²) in [4.78, 5) is 42.6. The number of imidazole rings is 1. The lowest BCUT2D eigenvalue weighted by Crippen LogP contribution is -2.36. The van der Waals surface area contributed by atoms with Gasteiger partial charge in [0, 0.05) is 11.7 Å². The van der Waals surface area contributed by atoms with Crippen molar-refractivity contribution in [2.75, 3.05) is 31.8 Å². The van der Waals surface area contributed by atoms with E-state index in [1.807, 2.05) is 0 Å². The van der Waals surface area contributed by atoms with Gasteiger partial charge in [0.05, 0.1) is 17.8 Å². The van der Waals surface area contributed by atoms with Crippen LogP contribution in [-0.2, 0) is 48.7 Å². The molecule has 10 atom stereocenters. The molecule has 0 aliphatic carbocycles. The summed E-state index contributed by atoms with van der Waals surface area (Å²) in [5.41, 5.74) is 11.6. The molecule has 3 aliphatic rings. The number of nitrogen functional groups attached to an aromatic ring is 2. The molecule has 7 heterocycles. The number of ether oxygens (including phenoxy) is 3. The van der Waals surface area contributed by atoms with E-state index < -0.39 is 76.2 Å². The number of hydrogen-bond acceptors (Lipinski definition) is 18. The highest BCUT2D eigenvalue weighted by atomic mass is 32.5. The zero-order chi connectivity index (χ0) is 31.6. The second kappa shape index (κ2) is 11.8. The van der Waals surface area contributed by atoms with Gasteiger partial charge in [-0.25, -0.2) is 24.3 Å². The van der Waals surface area contributed by atoms with Gasteiger partial charge < -0.3 is 35.1 Å². The Hall–Kier alpha value is -2.72. The van der Waals surface area contributed by atoms with Gasteiger partial charge >= 0.3 is 15.0 Å². The third-order valence-electron chi connectivity index (χ3n) is 7.36. The number of rotatable bonds is 3. The normalized spacial score (nSPS) is 35.2. The van der Waals surface area contributed by atoms with Gasteiger partial charge in [0.15, 0.2) is 35.5 Å². The van der Waals surface area contributed by atoms with Gasteiger partial charge in [-0.1, -0.05) is 0 Å². The van der Waals surface area contributed by atoms with E-state index in [1.54, 1.807) is 0 Å². The summed E-state index contributed by atoms with van der Waals surface area (Å²) >= 11 is 6.22. The molecule has 2 bridgehead atoms. The van der Waals surface area contributed by atoms with Crippen molar-refractivity contribution in [1.29, 1.82) is 0 Å². The first-order valence-corrected chi connectivity index (χ1v) is 17.5. The Bertz CT molecular complexity index is 1900. The standard InChI is InChI=1S/C21H22FN9O10P2S2/c1-35-13-6-2-36-42(33)40-12-7(39-20(8(12)22)31-5-27-11-17(23)25-4-26-18(11)31)3-37-43(34,44)41-14(13)15(38-6)16-9-10(30-45-16)19(32)29-21(24)28-9/h4-8,12-15,20H,2-3H2,1H3,(H5-,23,24,25,26,28,29,32,34,44)/p+1/t6-,7-,8-,12-,13-,14-,15-,20-,43?/m1/s1. The van der Waals surface area contributed by atoms with Crippen LogP contribution in [0.4, 0.5) is 16.2 Å². The lowest BCUT2D eigenvalue weighted by molar-refractivity contribution is -0.0469. The summed E-state index contributed by atoms with van der Waals surface area (Å²) in [7, 11) is -1.61. The smallest absolute Gasteiger partial charge is 0.382 e. The topological polar surface area (TPSA) is 256 Å². The molecule has 3 saturated heterocycles. The van der Waals surface area contributed by atoms with Crippen LogP contribution in [0.1, 0.15) is 17.2 Å². The molecule has 3 fully saturated rings. The minimum atomic E-state index is -4.16. The van der Waals surface area contributed by atoms with Crippen LogP contribution in [0.25, 0.3) is 22.2 Å². The second-order valence-corrected chi connectivity index (χ2v) is 14.5. The molecule has 4 aromatic heterocycles. The van der Waals surface area contributed by atoms with Crippen molar-refractivity contribution in [3.05, 3.63) is 27.9 Å². The monoisotopic (exact) mass is 706 g/mol. The van der Waals surface area contributed by atoms with Crippen LogP contribution >= 0.6 is 26.5 Å². The van der Waals surface area contributed by atoms with E-state index in [4.69, 9.17) is 55.6 Å². The molecular formula is C21H23FN9O10P2S2+. The molecule has 24 heteroatoms. The summed E-state index contributed by atoms with van der Waals surface area (Å²) < 4.78 is 74.6. The maximum atomic E-state index is 15.9. The quantitative estimate of drug-likeness (QED) is 0.214. The first-order chi connectivity index (χ1) is 21.5. The number of aromatic nitrogens is 7. The number of anilines is 2. The van der Waals surface area contributed by atoms with Crippen molar-refractivity contribution in [3.8, 4) is 0 Å². The minimum absolute atomic E-state index is 0.00496. The van der Waals surface area contributed by atoms with E-state index in [2.05, 4.69) is 29.3 Å². The van der Waals surface area contributed by atoms with Crippen molar-refractivity contribution in [2.24, 2.45) is 0 Å². The van der Waals surface area contributed by atoms with Crippen LogP contribution in [0.5, 0.6) is 0 Å². The van der Waals surface area contributed by atoms with E-state index in [-0.39, 0.29) is 40.6 Å². The fraction of sp³-hybridized carbons (Fsp3) is 0.524. The van der Waals surface area contributed by atoms with Crippen LogP contribution < -0.4 is 17.0 Å². The maximum Gasteiger partial charge on any atom is 0.697 e. The Morgan fingerprint density at radius 2 is 2.02 bits per heavy atom. The van der Waals surface area contributed by atoms with Gasteiger partial charge in [-0.05, 0) is 23.3 Å². The van der Waals surface area contributed by atoms with Crippen molar-refractivity contribution >= 4 is 72.3 Å². The molecule has 0 radical (unpaired) electrons. The fourth-order valence-electron chi connectivity index (χ4n) is 5.39. The summed E-state index contributed by atoms with van der Waals surface area (Å²) in [5, 5.41) is 0. The number of hydrogen-bond donors (Lipinski definition) is 4. The number of nitrogens with two attached hydrogens (primary N) is 2. The number of aromatic amines is 1. The number of methoxy groups -OCH3 is 1. The molecule has 7 rings (SSSR count). The molecule has 3 aliphatic heterocycles. The lowest BCUT2D eigenvalue weighted by atomic mass is 10.1. The Kier molecular flexibility index (Phi) is 8.12. The van der Waals surface area contributed by atoms with E-state index in [1.165, 1.54) is 24.3 Å². The first-order valence-electron chi connectivity index (χ1n) is 13.0. The second-order valence-electron chi connectivity index (χ2n) is 10.0. The Morgan fingerprint density at radius 3 is 2.82 bits per heavy atom. The Balaban J connectivity index is 1.20. The summed E-state index contributed by atoms with van der Waals surface area (Å²) in [6.45, 7) is -5.09. The highest BCUT2D eigenvalue weighted by Crippen LogP contribution is 2.53. The maximum absolute atomic E-state index is 15.9. The summed E-state index contributed by atoms with van der Waals surface area (Å²) in [6.07, 6.45) is -7.79. The molecule has 4 aromatic rings. The van der Waals surface area contributed by atoms with Crippen molar-refractivity contribution < 1.29 is 46.2 Å². The number of nitrogens with zero attached hydrogens (tertiary/aromatic N) is 6. The van der Waals surface area contributed by atoms with Crippen LogP contribution in [0.2, 0.25) is 0 Å². The van der Waals surface area contributed by atoms with Crippen LogP contribution in [0.3, 0.4) is 0 Å². The minimum Gasteiger partial charge on any atom is -0.382 e. The molecule has 0 amide bonds. The third-order valence-corrected chi connectivity index (χ3v) is 10.6. The zero-order valence-electron chi connectivity index (χ0n) is 22.7. The molecule has 0 saturated carbocycles. The zero-order valence-corrected chi connectivity index (χ0v) is 26.2. The van der Waals surface area contributed by atoms with Gasteiger partial charge in [0.1, 0.15) is 54.5 Å². The molecular weight excluding hydrogens is 683 g/mol. The van der Waals surface area contributed by atoms with E-state index in [0.717, 1.165) is 11.5 Å². The van der Waals surface area contributed by atoms with Crippen molar-refractivity contribution in [1.82, 2.24) is 33.9 Å². The van der Waals surface area contributed by atoms with Crippen molar-refractivity contribution in [3.63, 3.8) is 0 Å². The molecule has 2 unspecified atom stereocenters. The van der Waals surface area contributed by atoms with Crippen LogP contribution in [0.15, 0.2) is 17.4 Å². The molecule has 240 valence electrons. The molecule has 6 N–H and O–H groups in total. The Morgan fingerprint density at radius 1 is 1.20 bits per heavy atom. The van der Waals surface area contributed by atoms with E-state index in [9.17, 15) is 14.3 Å². The lowest BCUT2D eigenvalue weighted by Gasteiger charge is -2.27. The average molecular weight is 707 g/mol. The molecule has 0 spiro atoms. The number of fused-ring (bicyclic) bond motifs is 5. The molecule has 19 nitrogen and oxygen atoms in total. The van der Waals surface area contributed by atoms with E-state index in [0.29, 0.717) is 4.88 Å². The summed E-state index contributed by atoms with van der Waals surface area (Å²) in [5.74, 6) is -0.0829. The predicted octanol–water partition coefficient (Wildman–Crippen LogP) is 0.766. The number of halogens is 1. The largest absolute Gasteiger partial charge is 0.697 e. The number of H-pyrrole nitrogens is 1. The van der Waals surface area contributed by atoms with Gasteiger partial charge in [-0.15, -0.1) is 9.05 Å². The number of alkyl halides is 1. The van der Waals surface area contributed by atoms with Gasteiger partial charge in [-0.3, -0.25) is 18.9 Å². The summed E-state index contributed by atoms with van der Waals surface area (Å²) in [6, 6.07) is 0. The highest BCUT2D eigenvalue weighted by molar-refractivity contribution is 8.07. The predicted molar refractivity (Wildman–Crippen MR) is 155 cm³/mol. The Labute approximate surface area is 260 Å². The third kappa shape index (κ3) is 5.53. The molecule has 0 aromatic carbocycles. The van der Waals surface area contributed by atoms with Crippen molar-refractivity contribution in [2.45, 2.75) is 49.0 Å². The molecule has 45 heavy (non-hydrogen) atoms. The first kappa shape index (κ1) is 30.9. The van der Waals surface area contributed by atoms with Gasteiger partial charge in [0.2, 0.25) is 5.95 Å². The fourth-order valence-corrected chi connectivity index (χ4v) is 8.47. The average Bonchev–Trinajstić information content (AvgIpc) is 3.75. The highest BCUT2D eigenvalue weighted by Gasteiger charge is 2.55. The van der Waals surface area contributed by atoms with E-state index >= 15 is 4.39 Å². The van der Waals surface area contributed by atoms with Crippen LogP contribution in [0, 0.1) is 0 Å². The van der Waals surface area contributed by atoms with Crippen LogP contribution in [-0.4, -0.2) is 95.8 Å².